The van der Waals surface area contributed by atoms with Gasteiger partial charge in [-0.25, -0.2) is 0 Å². The molecule has 10 heavy (non-hydrogen) atoms. The van der Waals surface area contributed by atoms with Crippen molar-refractivity contribution in [1.82, 2.24) is 0 Å². The molecule has 2 atom stereocenters. The van der Waals surface area contributed by atoms with E-state index >= 15 is 0 Å². The first-order chi connectivity index (χ1) is 4.77. The quantitative estimate of drug-likeness (QED) is 0.541. The Morgan fingerprint density at radius 3 is 2.10 bits per heavy atom. The van der Waals surface area contributed by atoms with Crippen LogP contribution in [0.1, 0.15) is 25.7 Å². The van der Waals surface area contributed by atoms with Crippen LogP contribution in [0.2, 0.25) is 0 Å². The molecular formula is C8H11Cl2. The van der Waals surface area contributed by atoms with E-state index in [1.807, 2.05) is 0 Å². The molecule has 2 fully saturated rings. The normalized spacial score (nSPS) is 42.6. The molecule has 0 aliphatic heterocycles. The Morgan fingerprint density at radius 1 is 1.10 bits per heavy atom. The average molecular weight is 178 g/mol. The van der Waals surface area contributed by atoms with E-state index in [1.54, 1.807) is 5.92 Å². The van der Waals surface area contributed by atoms with Crippen LogP contribution in [0.5, 0.6) is 0 Å². The van der Waals surface area contributed by atoms with E-state index in [2.05, 4.69) is 0 Å². The van der Waals surface area contributed by atoms with Gasteiger partial charge in [0.15, 0.2) is 0 Å². The first-order valence-corrected chi connectivity index (χ1v) is 4.77. The highest BCUT2D eigenvalue weighted by atomic mass is 35.5. The summed E-state index contributed by atoms with van der Waals surface area (Å²) >= 11 is 11.9. The highest BCUT2D eigenvalue weighted by Crippen LogP contribution is 2.49. The Hall–Kier alpha value is 0.580. The van der Waals surface area contributed by atoms with Crippen molar-refractivity contribution in [2.24, 2.45) is 5.92 Å². The molecule has 0 N–H and O–H groups in total. The number of alkyl halides is 2. The molecule has 0 bridgehead atoms. The minimum Gasteiger partial charge on any atom is -0.123 e. The van der Waals surface area contributed by atoms with Crippen molar-refractivity contribution in [3.8, 4) is 0 Å². The molecule has 0 nitrogen and oxygen atoms in total. The third-order valence-corrected chi connectivity index (χ3v) is 3.51. The van der Waals surface area contributed by atoms with Gasteiger partial charge in [-0.3, -0.25) is 0 Å². The molecule has 0 aromatic heterocycles. The lowest BCUT2D eigenvalue weighted by Gasteiger charge is -2.44. The van der Waals surface area contributed by atoms with Crippen LogP contribution in [0.4, 0.5) is 0 Å². The van der Waals surface area contributed by atoms with Crippen molar-refractivity contribution >= 4 is 23.2 Å². The first-order valence-electron chi connectivity index (χ1n) is 3.90. The van der Waals surface area contributed by atoms with Crippen molar-refractivity contribution in [3.63, 3.8) is 0 Å². The molecule has 1 radical (unpaired) electrons. The fourth-order valence-electron chi connectivity index (χ4n) is 1.73. The highest BCUT2D eigenvalue weighted by Gasteiger charge is 2.42. The van der Waals surface area contributed by atoms with E-state index in [-0.39, 0.29) is 0 Å². The largest absolute Gasteiger partial charge is 0.123 e. The van der Waals surface area contributed by atoms with Crippen molar-refractivity contribution in [3.05, 3.63) is 5.92 Å². The van der Waals surface area contributed by atoms with Crippen LogP contribution in [0.25, 0.3) is 0 Å². The topological polar surface area (TPSA) is 0 Å². The Morgan fingerprint density at radius 2 is 1.80 bits per heavy atom. The molecule has 0 spiro atoms. The number of hydrogen-bond acceptors (Lipinski definition) is 0. The summed E-state index contributed by atoms with van der Waals surface area (Å²) in [5.41, 5.74) is 0. The molecule has 0 saturated heterocycles. The van der Waals surface area contributed by atoms with Crippen molar-refractivity contribution < 1.29 is 0 Å². The highest BCUT2D eigenvalue weighted by molar-refractivity contribution is 6.22. The van der Waals surface area contributed by atoms with Crippen LogP contribution in [0, 0.1) is 11.8 Å². The number of halogens is 2. The zero-order valence-corrected chi connectivity index (χ0v) is 7.33. The van der Waals surface area contributed by atoms with Gasteiger partial charge >= 0.3 is 0 Å². The molecule has 2 saturated carbocycles. The lowest BCUT2D eigenvalue weighted by molar-refractivity contribution is 0.279. The maximum absolute atomic E-state index is 6.01. The van der Waals surface area contributed by atoms with Gasteiger partial charge in [0.25, 0.3) is 0 Å². The second kappa shape index (κ2) is 2.57. The van der Waals surface area contributed by atoms with Gasteiger partial charge < -0.3 is 0 Å². The van der Waals surface area contributed by atoms with Crippen LogP contribution in [0.15, 0.2) is 0 Å². The van der Waals surface area contributed by atoms with Gasteiger partial charge in [0.1, 0.15) is 0 Å². The predicted octanol–water partition coefficient (Wildman–Crippen LogP) is 2.98. The molecule has 0 heterocycles. The number of rotatable bonds is 1. The molecule has 2 aliphatic carbocycles. The Labute approximate surface area is 71.9 Å². The zero-order valence-electron chi connectivity index (χ0n) is 5.82. The molecule has 0 aromatic rings. The minimum atomic E-state index is 0.430. The SMILES string of the molecule is ClC1C[C](C2CCC2Cl)C1. The molecule has 2 unspecified atom stereocenters. The van der Waals surface area contributed by atoms with E-state index in [4.69, 9.17) is 23.2 Å². The van der Waals surface area contributed by atoms with Crippen LogP contribution in [-0.2, 0) is 0 Å². The third kappa shape index (κ3) is 1.06. The molecule has 0 aromatic carbocycles. The molecule has 57 valence electrons. The molecule has 2 heteroatoms. The van der Waals surface area contributed by atoms with Gasteiger partial charge in [-0.15, -0.1) is 23.2 Å². The second-order valence-corrected chi connectivity index (χ2v) is 4.54. The summed E-state index contributed by atoms with van der Waals surface area (Å²) in [6.07, 6.45) is 4.79. The Balaban J connectivity index is 1.79. The van der Waals surface area contributed by atoms with Gasteiger partial charge in [-0.1, -0.05) is 0 Å². The summed E-state index contributed by atoms with van der Waals surface area (Å²) in [6.45, 7) is 0. The van der Waals surface area contributed by atoms with Crippen LogP contribution < -0.4 is 0 Å². The molecule has 2 rings (SSSR count). The van der Waals surface area contributed by atoms with Crippen LogP contribution in [-0.4, -0.2) is 10.8 Å². The summed E-state index contributed by atoms with van der Waals surface area (Å²) in [5, 5.41) is 0.874. The molecule has 2 aliphatic rings. The van der Waals surface area contributed by atoms with Gasteiger partial charge in [-0.05, 0) is 37.5 Å². The third-order valence-electron chi connectivity index (χ3n) is 2.68. The van der Waals surface area contributed by atoms with Gasteiger partial charge in [0.05, 0.1) is 0 Å². The van der Waals surface area contributed by atoms with Crippen LogP contribution in [0.3, 0.4) is 0 Å². The lowest BCUT2D eigenvalue weighted by atomic mass is 9.66. The standard InChI is InChI=1S/C8H11Cl2/c9-6-3-5(4-6)7-1-2-8(7)10/h6-8H,1-4H2. The maximum Gasteiger partial charge on any atom is 0.0369 e. The Bertz CT molecular complexity index is 129. The molecular weight excluding hydrogens is 167 g/mol. The molecule has 0 amide bonds. The predicted molar refractivity (Wildman–Crippen MR) is 44.5 cm³/mol. The summed E-state index contributed by atoms with van der Waals surface area (Å²) in [5.74, 6) is 2.36. The zero-order chi connectivity index (χ0) is 7.14. The second-order valence-electron chi connectivity index (χ2n) is 3.36. The lowest BCUT2D eigenvalue weighted by Crippen LogP contribution is -2.39. The fraction of sp³-hybridized carbons (Fsp3) is 0.875. The fourth-order valence-corrected chi connectivity index (χ4v) is 2.56. The Kier molecular flexibility index (Phi) is 1.86. The van der Waals surface area contributed by atoms with Crippen molar-refractivity contribution in [2.45, 2.75) is 36.4 Å². The number of hydrogen-bond donors (Lipinski definition) is 0. The van der Waals surface area contributed by atoms with Gasteiger partial charge in [0, 0.05) is 10.8 Å². The summed E-state index contributed by atoms with van der Waals surface area (Å²) in [6, 6.07) is 0. The van der Waals surface area contributed by atoms with E-state index < -0.39 is 0 Å². The van der Waals surface area contributed by atoms with Gasteiger partial charge in [-0.2, -0.15) is 0 Å². The summed E-state index contributed by atoms with van der Waals surface area (Å²) in [7, 11) is 0. The van der Waals surface area contributed by atoms with E-state index in [1.165, 1.54) is 12.8 Å². The average Bonchev–Trinajstić information content (AvgIpc) is 1.82. The summed E-state index contributed by atoms with van der Waals surface area (Å²) in [4.78, 5) is 0. The van der Waals surface area contributed by atoms with Crippen molar-refractivity contribution in [2.75, 3.05) is 0 Å². The van der Waals surface area contributed by atoms with E-state index in [9.17, 15) is 0 Å². The van der Waals surface area contributed by atoms with E-state index in [0.717, 1.165) is 18.8 Å². The maximum atomic E-state index is 6.01. The smallest absolute Gasteiger partial charge is 0.0369 e. The van der Waals surface area contributed by atoms with E-state index in [0.29, 0.717) is 10.8 Å². The van der Waals surface area contributed by atoms with Gasteiger partial charge in [0.2, 0.25) is 0 Å². The van der Waals surface area contributed by atoms with Crippen molar-refractivity contribution in [1.29, 1.82) is 0 Å². The summed E-state index contributed by atoms with van der Waals surface area (Å²) < 4.78 is 0. The minimum absolute atomic E-state index is 0.430. The van der Waals surface area contributed by atoms with Crippen LogP contribution >= 0.6 is 23.2 Å². The monoisotopic (exact) mass is 177 g/mol. The first kappa shape index (κ1) is 7.24.